The van der Waals surface area contributed by atoms with Crippen molar-refractivity contribution in [1.82, 2.24) is 15.1 Å². The van der Waals surface area contributed by atoms with Gasteiger partial charge in [-0.05, 0) is 31.2 Å². The molecular formula is C13H23N3OS. The van der Waals surface area contributed by atoms with E-state index in [0.717, 1.165) is 36.1 Å². The highest BCUT2D eigenvalue weighted by atomic mass is 32.1. The van der Waals surface area contributed by atoms with Crippen molar-refractivity contribution in [1.29, 1.82) is 0 Å². The van der Waals surface area contributed by atoms with Crippen LogP contribution in [0.3, 0.4) is 0 Å². The number of nitrogens with zero attached hydrogens (tertiary/aromatic N) is 3. The largest absolute Gasteiger partial charge is 0.391 e. The third-order valence-corrected chi connectivity index (χ3v) is 4.53. The van der Waals surface area contributed by atoms with Gasteiger partial charge in [0.05, 0.1) is 12.6 Å². The molecule has 1 aromatic rings. The van der Waals surface area contributed by atoms with Crippen LogP contribution in [0.5, 0.6) is 0 Å². The highest BCUT2D eigenvalue weighted by molar-refractivity contribution is 7.11. The zero-order valence-electron chi connectivity index (χ0n) is 11.7. The molecule has 1 saturated heterocycles. The molecule has 1 aliphatic heterocycles. The average molecular weight is 269 g/mol. The molecule has 1 aliphatic rings. The third kappa shape index (κ3) is 3.28. The maximum absolute atomic E-state index is 10.3. The van der Waals surface area contributed by atoms with E-state index in [9.17, 15) is 5.11 Å². The van der Waals surface area contributed by atoms with Gasteiger partial charge in [0, 0.05) is 6.54 Å². The van der Waals surface area contributed by atoms with Crippen LogP contribution in [0.25, 0.3) is 0 Å². The molecule has 0 bridgehead atoms. The molecule has 1 N–H and O–H groups in total. The third-order valence-electron chi connectivity index (χ3n) is 3.71. The number of aromatic nitrogens is 2. The summed E-state index contributed by atoms with van der Waals surface area (Å²) < 4.78 is 0. The van der Waals surface area contributed by atoms with Crippen molar-refractivity contribution in [3.05, 3.63) is 10.0 Å². The first-order valence-electron chi connectivity index (χ1n) is 6.55. The Hall–Kier alpha value is -0.520. The van der Waals surface area contributed by atoms with Crippen LogP contribution in [0.4, 0.5) is 0 Å². The second-order valence-electron chi connectivity index (χ2n) is 6.28. The van der Waals surface area contributed by atoms with Crippen molar-refractivity contribution in [3.8, 4) is 0 Å². The Morgan fingerprint density at radius 3 is 2.61 bits per heavy atom. The highest BCUT2D eigenvalue weighted by Crippen LogP contribution is 2.34. The summed E-state index contributed by atoms with van der Waals surface area (Å²) >= 11 is 1.64. The molecule has 18 heavy (non-hydrogen) atoms. The number of piperidine rings is 1. The smallest absolute Gasteiger partial charge is 0.131 e. The Bertz CT molecular complexity index is 399. The number of aliphatic hydroxyl groups is 1. The van der Waals surface area contributed by atoms with Crippen molar-refractivity contribution in [2.45, 2.75) is 46.8 Å². The van der Waals surface area contributed by atoms with Crippen LogP contribution >= 0.6 is 11.3 Å². The minimum Gasteiger partial charge on any atom is -0.391 e. The first-order valence-corrected chi connectivity index (χ1v) is 7.37. The summed E-state index contributed by atoms with van der Waals surface area (Å²) in [6, 6.07) is 0. The van der Waals surface area contributed by atoms with Crippen molar-refractivity contribution < 1.29 is 5.11 Å². The molecule has 2 unspecified atom stereocenters. The Kier molecular flexibility index (Phi) is 4.04. The zero-order valence-corrected chi connectivity index (χ0v) is 12.5. The molecule has 0 spiro atoms. The fourth-order valence-electron chi connectivity index (χ4n) is 2.74. The summed E-state index contributed by atoms with van der Waals surface area (Å²) in [5, 5.41) is 20.5. The van der Waals surface area contributed by atoms with E-state index in [-0.39, 0.29) is 11.5 Å². The maximum Gasteiger partial charge on any atom is 0.131 e. The first-order chi connectivity index (χ1) is 8.36. The summed E-state index contributed by atoms with van der Waals surface area (Å²) in [5.74, 6) is 0.393. The number of aliphatic hydroxyl groups excluding tert-OH is 1. The Labute approximate surface area is 113 Å². The summed E-state index contributed by atoms with van der Waals surface area (Å²) in [6.45, 7) is 11.2. The van der Waals surface area contributed by atoms with Gasteiger partial charge in [-0.2, -0.15) is 0 Å². The van der Waals surface area contributed by atoms with Gasteiger partial charge in [-0.1, -0.05) is 20.8 Å². The molecule has 2 rings (SSSR count). The molecule has 4 nitrogen and oxygen atoms in total. The number of likely N-dealkylation sites (tertiary alicyclic amines) is 1. The number of hydrogen-bond donors (Lipinski definition) is 1. The highest BCUT2D eigenvalue weighted by Gasteiger charge is 2.35. The lowest BCUT2D eigenvalue weighted by molar-refractivity contribution is -0.0265. The molecular weight excluding hydrogens is 246 g/mol. The van der Waals surface area contributed by atoms with Gasteiger partial charge < -0.3 is 5.11 Å². The Balaban J connectivity index is 1.92. The predicted octanol–water partition coefficient (Wildman–Crippen LogP) is 2.08. The van der Waals surface area contributed by atoms with E-state index in [0.29, 0.717) is 5.92 Å². The molecule has 2 atom stereocenters. The normalized spacial score (nSPS) is 26.5. The molecule has 0 aliphatic carbocycles. The molecule has 0 amide bonds. The molecule has 0 saturated carbocycles. The Morgan fingerprint density at radius 2 is 2.11 bits per heavy atom. The minimum absolute atomic E-state index is 0.185. The quantitative estimate of drug-likeness (QED) is 0.893. The van der Waals surface area contributed by atoms with E-state index in [2.05, 4.69) is 35.9 Å². The molecule has 0 aromatic carbocycles. The molecule has 0 radical (unpaired) electrons. The summed E-state index contributed by atoms with van der Waals surface area (Å²) in [5.41, 5.74) is 0.185. The summed E-state index contributed by atoms with van der Waals surface area (Å²) in [6.07, 6.45) is 0.829. The van der Waals surface area contributed by atoms with Crippen LogP contribution in [-0.4, -0.2) is 39.4 Å². The molecule has 5 heteroatoms. The van der Waals surface area contributed by atoms with Crippen molar-refractivity contribution >= 4 is 11.3 Å². The van der Waals surface area contributed by atoms with Gasteiger partial charge >= 0.3 is 0 Å². The topological polar surface area (TPSA) is 49.2 Å². The van der Waals surface area contributed by atoms with Gasteiger partial charge in [0.2, 0.25) is 0 Å². The molecule has 2 heterocycles. The van der Waals surface area contributed by atoms with Gasteiger partial charge in [-0.3, -0.25) is 4.90 Å². The summed E-state index contributed by atoms with van der Waals surface area (Å²) in [7, 11) is 0. The standard InChI is InChI=1S/C13H23N3OS/c1-9-14-15-12(18-9)8-16-6-5-10(11(17)7-16)13(2,3)4/h10-11,17H,5-8H2,1-4H3. The minimum atomic E-state index is -0.229. The van der Waals surface area contributed by atoms with Crippen molar-refractivity contribution in [2.75, 3.05) is 13.1 Å². The zero-order chi connectivity index (χ0) is 13.3. The van der Waals surface area contributed by atoms with Crippen molar-refractivity contribution in [2.24, 2.45) is 11.3 Å². The Morgan fingerprint density at radius 1 is 1.39 bits per heavy atom. The lowest BCUT2D eigenvalue weighted by atomic mass is 9.74. The van der Waals surface area contributed by atoms with Gasteiger partial charge in [-0.25, -0.2) is 0 Å². The molecule has 1 aromatic heterocycles. The van der Waals surface area contributed by atoms with E-state index in [4.69, 9.17) is 0 Å². The van der Waals surface area contributed by atoms with E-state index in [1.54, 1.807) is 11.3 Å². The second-order valence-corrected chi connectivity index (χ2v) is 7.54. The van der Waals surface area contributed by atoms with Gasteiger partial charge in [0.15, 0.2) is 0 Å². The van der Waals surface area contributed by atoms with Crippen LogP contribution in [-0.2, 0) is 6.54 Å². The maximum atomic E-state index is 10.3. The predicted molar refractivity (Wildman–Crippen MR) is 73.5 cm³/mol. The van der Waals surface area contributed by atoms with E-state index in [1.165, 1.54) is 0 Å². The van der Waals surface area contributed by atoms with Crippen LogP contribution in [0.15, 0.2) is 0 Å². The lowest BCUT2D eigenvalue weighted by Crippen LogP contribution is -2.47. The van der Waals surface area contributed by atoms with Crippen LogP contribution in [0, 0.1) is 18.3 Å². The fraction of sp³-hybridized carbons (Fsp3) is 0.846. The molecule has 1 fully saturated rings. The van der Waals surface area contributed by atoms with Crippen LogP contribution < -0.4 is 0 Å². The van der Waals surface area contributed by atoms with Gasteiger partial charge in [0.1, 0.15) is 10.0 Å². The van der Waals surface area contributed by atoms with E-state index in [1.807, 2.05) is 6.92 Å². The monoisotopic (exact) mass is 269 g/mol. The fourth-order valence-corrected chi connectivity index (χ4v) is 3.50. The van der Waals surface area contributed by atoms with E-state index >= 15 is 0 Å². The summed E-state index contributed by atoms with van der Waals surface area (Å²) in [4.78, 5) is 2.28. The number of aryl methyl sites for hydroxylation is 1. The molecule has 102 valence electrons. The van der Waals surface area contributed by atoms with Crippen molar-refractivity contribution in [3.63, 3.8) is 0 Å². The van der Waals surface area contributed by atoms with Crippen LogP contribution in [0.1, 0.15) is 37.2 Å². The number of β-amino-alcohol motifs (C(OH)–C–C–N with tert-alkyl or cyclic N) is 1. The van der Waals surface area contributed by atoms with Crippen LogP contribution in [0.2, 0.25) is 0 Å². The van der Waals surface area contributed by atoms with Gasteiger partial charge in [0.25, 0.3) is 0 Å². The number of hydrogen-bond acceptors (Lipinski definition) is 5. The number of rotatable bonds is 2. The average Bonchev–Trinajstić information content (AvgIpc) is 2.62. The van der Waals surface area contributed by atoms with E-state index < -0.39 is 0 Å². The second kappa shape index (κ2) is 5.23. The SMILES string of the molecule is Cc1nnc(CN2CCC(C(C)(C)C)C(O)C2)s1. The first kappa shape index (κ1) is 13.9. The lowest BCUT2D eigenvalue weighted by Gasteiger charge is -2.42. The van der Waals surface area contributed by atoms with Gasteiger partial charge in [-0.15, -0.1) is 21.5 Å².